The molecule has 1 unspecified atom stereocenters. The van der Waals surface area contributed by atoms with Crippen LogP contribution in [-0.2, 0) is 9.47 Å². The minimum Gasteiger partial charge on any atom is -0.496 e. The number of hydrogen-bond donors (Lipinski definition) is 0. The van der Waals surface area contributed by atoms with Crippen LogP contribution in [0.3, 0.4) is 0 Å². The van der Waals surface area contributed by atoms with Crippen LogP contribution in [0.5, 0.6) is 0 Å². The zero-order valence-corrected chi connectivity index (χ0v) is 11.0. The summed E-state index contributed by atoms with van der Waals surface area (Å²) in [4.78, 5) is 0. The Hall–Kier alpha value is -1.18. The molecule has 0 aromatic rings. The summed E-state index contributed by atoms with van der Waals surface area (Å²) in [5, 5.41) is 0. The molecule has 2 nitrogen and oxygen atoms in total. The molecule has 0 aromatic carbocycles. The van der Waals surface area contributed by atoms with Crippen LogP contribution >= 0.6 is 0 Å². The monoisotopic (exact) mass is 224 g/mol. The lowest BCUT2D eigenvalue weighted by Gasteiger charge is -2.16. The highest BCUT2D eigenvalue weighted by atomic mass is 16.5. The van der Waals surface area contributed by atoms with Crippen LogP contribution in [-0.4, -0.2) is 6.10 Å². The zero-order chi connectivity index (χ0) is 12.6. The first-order chi connectivity index (χ1) is 7.45. The third kappa shape index (κ3) is 8.16. The molecule has 16 heavy (non-hydrogen) atoms. The Morgan fingerprint density at radius 1 is 1.19 bits per heavy atom. The van der Waals surface area contributed by atoms with Gasteiger partial charge >= 0.3 is 0 Å². The van der Waals surface area contributed by atoms with Gasteiger partial charge in [-0.15, -0.1) is 0 Å². The average molecular weight is 224 g/mol. The first-order valence-electron chi connectivity index (χ1n) is 5.78. The van der Waals surface area contributed by atoms with E-state index < -0.39 is 0 Å². The normalized spacial score (nSPS) is 13.1. The van der Waals surface area contributed by atoms with Gasteiger partial charge in [0.1, 0.15) is 0 Å². The summed E-state index contributed by atoms with van der Waals surface area (Å²) in [5.74, 6) is 2.40. The van der Waals surface area contributed by atoms with E-state index >= 15 is 0 Å². The van der Waals surface area contributed by atoms with Gasteiger partial charge in [-0.1, -0.05) is 20.1 Å². The second-order valence-electron chi connectivity index (χ2n) is 4.05. The highest BCUT2D eigenvalue weighted by molar-refractivity contribution is 4.94. The van der Waals surface area contributed by atoms with Gasteiger partial charge < -0.3 is 9.47 Å². The molecule has 0 aliphatic heterocycles. The molecule has 0 heterocycles. The Morgan fingerprint density at radius 2 is 1.81 bits per heavy atom. The fourth-order valence-corrected chi connectivity index (χ4v) is 1.42. The molecular formula is C14H24O2. The Kier molecular flexibility index (Phi) is 7.44. The van der Waals surface area contributed by atoms with Crippen molar-refractivity contribution in [3.8, 4) is 0 Å². The Balaban J connectivity index is 3.93. The van der Waals surface area contributed by atoms with Gasteiger partial charge in [-0.05, 0) is 46.1 Å². The number of allylic oxidation sites excluding steroid dienone is 4. The first kappa shape index (κ1) is 14.8. The van der Waals surface area contributed by atoms with Crippen LogP contribution in [0, 0.1) is 0 Å². The van der Waals surface area contributed by atoms with E-state index in [1.807, 2.05) is 20.8 Å². The van der Waals surface area contributed by atoms with E-state index in [2.05, 4.69) is 26.2 Å². The van der Waals surface area contributed by atoms with Gasteiger partial charge in [-0.25, -0.2) is 0 Å². The van der Waals surface area contributed by atoms with E-state index in [1.165, 1.54) is 0 Å². The molecule has 0 saturated carbocycles. The maximum atomic E-state index is 5.58. The van der Waals surface area contributed by atoms with E-state index in [9.17, 15) is 0 Å². The van der Waals surface area contributed by atoms with Crippen LogP contribution in [0.4, 0.5) is 0 Å². The van der Waals surface area contributed by atoms with Crippen molar-refractivity contribution in [1.82, 2.24) is 0 Å². The quantitative estimate of drug-likeness (QED) is 0.563. The van der Waals surface area contributed by atoms with Gasteiger partial charge in [-0.2, -0.15) is 0 Å². The van der Waals surface area contributed by atoms with Gasteiger partial charge in [0.2, 0.25) is 0 Å². The fraction of sp³-hybridized carbons (Fsp3) is 0.571. The molecule has 1 atom stereocenters. The molecular weight excluding hydrogens is 200 g/mol. The highest BCUT2D eigenvalue weighted by Gasteiger charge is 2.05. The Labute approximate surface area is 99.6 Å². The molecule has 0 saturated heterocycles. The predicted molar refractivity (Wildman–Crippen MR) is 68.9 cm³/mol. The minimum atomic E-state index is 0.256. The van der Waals surface area contributed by atoms with E-state index in [1.54, 1.807) is 0 Å². The summed E-state index contributed by atoms with van der Waals surface area (Å²) in [7, 11) is 0. The van der Waals surface area contributed by atoms with Crippen molar-refractivity contribution in [2.45, 2.75) is 53.1 Å². The second-order valence-corrected chi connectivity index (χ2v) is 4.05. The smallest absolute Gasteiger partial charge is 0.0982 e. The third-order valence-corrected chi connectivity index (χ3v) is 2.08. The lowest BCUT2D eigenvalue weighted by atomic mass is 10.1. The van der Waals surface area contributed by atoms with Crippen LogP contribution in [0.2, 0.25) is 0 Å². The first-order valence-corrected chi connectivity index (χ1v) is 5.78. The fourth-order valence-electron chi connectivity index (χ4n) is 1.42. The Morgan fingerprint density at radius 3 is 2.25 bits per heavy atom. The summed E-state index contributed by atoms with van der Waals surface area (Å²) in [6.07, 6.45) is 5.26. The van der Waals surface area contributed by atoms with Crippen molar-refractivity contribution >= 4 is 0 Å². The molecule has 0 N–H and O–H groups in total. The molecule has 0 bridgehead atoms. The topological polar surface area (TPSA) is 18.5 Å². The molecule has 92 valence electrons. The highest BCUT2D eigenvalue weighted by Crippen LogP contribution is 2.12. The summed E-state index contributed by atoms with van der Waals surface area (Å²) in [6.45, 7) is 15.2. The third-order valence-electron chi connectivity index (χ3n) is 2.08. The molecule has 0 aliphatic carbocycles. The second kappa shape index (κ2) is 8.03. The molecule has 0 radical (unpaired) electrons. The molecule has 0 fully saturated rings. The lowest BCUT2D eigenvalue weighted by molar-refractivity contribution is 0.108. The average Bonchev–Trinajstić information content (AvgIpc) is 2.14. The zero-order valence-electron chi connectivity index (χ0n) is 11.0. The van der Waals surface area contributed by atoms with Gasteiger partial charge in [-0.3, -0.25) is 0 Å². The van der Waals surface area contributed by atoms with Crippen molar-refractivity contribution in [3.63, 3.8) is 0 Å². The van der Waals surface area contributed by atoms with Gasteiger partial charge in [0.25, 0.3) is 0 Å². The molecule has 2 heteroatoms. The van der Waals surface area contributed by atoms with E-state index in [4.69, 9.17) is 9.47 Å². The summed E-state index contributed by atoms with van der Waals surface area (Å²) < 4.78 is 10.9. The molecule has 0 aliphatic rings. The molecule has 0 aromatic heterocycles. The van der Waals surface area contributed by atoms with Crippen LogP contribution < -0.4 is 0 Å². The van der Waals surface area contributed by atoms with Crippen molar-refractivity contribution in [3.05, 3.63) is 36.5 Å². The summed E-state index contributed by atoms with van der Waals surface area (Å²) >= 11 is 0. The van der Waals surface area contributed by atoms with Gasteiger partial charge in [0.15, 0.2) is 0 Å². The lowest BCUT2D eigenvalue weighted by Crippen LogP contribution is -2.09. The minimum absolute atomic E-state index is 0.256. The van der Waals surface area contributed by atoms with Crippen molar-refractivity contribution in [2.75, 3.05) is 0 Å². The standard InChI is InChI=1S/C14H24O2/c1-7-14(16-12(4)5)10-8-9-13(6)15-11(2)3/h9,14H,2,4,7-8,10H2,1,3,5-6H3/b13-9-. The van der Waals surface area contributed by atoms with Crippen molar-refractivity contribution < 1.29 is 9.47 Å². The molecule has 0 amide bonds. The van der Waals surface area contributed by atoms with Crippen LogP contribution in [0.15, 0.2) is 36.5 Å². The Bertz CT molecular complexity index is 264. The largest absolute Gasteiger partial charge is 0.496 e. The summed E-state index contributed by atoms with van der Waals surface area (Å²) in [5.41, 5.74) is 0. The molecule has 0 spiro atoms. The summed E-state index contributed by atoms with van der Waals surface area (Å²) in [6, 6.07) is 0. The van der Waals surface area contributed by atoms with Crippen molar-refractivity contribution in [2.24, 2.45) is 0 Å². The van der Waals surface area contributed by atoms with Gasteiger partial charge in [0.05, 0.1) is 23.4 Å². The number of rotatable bonds is 8. The van der Waals surface area contributed by atoms with Crippen molar-refractivity contribution in [1.29, 1.82) is 0 Å². The number of hydrogen-bond acceptors (Lipinski definition) is 2. The maximum absolute atomic E-state index is 5.58. The van der Waals surface area contributed by atoms with E-state index in [0.717, 1.165) is 36.5 Å². The number of ether oxygens (including phenoxy) is 2. The van der Waals surface area contributed by atoms with E-state index in [-0.39, 0.29) is 6.10 Å². The SMILES string of the molecule is C=C(C)O/C(C)=C\CCC(CC)OC(=C)C. The predicted octanol–water partition coefficient (Wildman–Crippen LogP) is 4.55. The van der Waals surface area contributed by atoms with Gasteiger partial charge in [0, 0.05) is 0 Å². The van der Waals surface area contributed by atoms with Crippen LogP contribution in [0.25, 0.3) is 0 Å². The van der Waals surface area contributed by atoms with Crippen LogP contribution in [0.1, 0.15) is 47.0 Å². The maximum Gasteiger partial charge on any atom is 0.0982 e. The molecule has 0 rings (SSSR count). The van der Waals surface area contributed by atoms with E-state index in [0.29, 0.717) is 0 Å².